The summed E-state index contributed by atoms with van der Waals surface area (Å²) in [6.07, 6.45) is 5.03. The minimum atomic E-state index is -1.31. The van der Waals surface area contributed by atoms with Gasteiger partial charge in [0.15, 0.2) is 11.9 Å². The molecule has 10 nitrogen and oxygen atoms in total. The third-order valence-electron chi connectivity index (χ3n) is 6.96. The van der Waals surface area contributed by atoms with Crippen molar-refractivity contribution in [1.82, 2.24) is 14.6 Å². The number of rotatable bonds is 8. The number of carbonyl (C=O) groups is 2. The van der Waals surface area contributed by atoms with Gasteiger partial charge >= 0.3 is 5.97 Å². The zero-order valence-corrected chi connectivity index (χ0v) is 19.8. The lowest BCUT2D eigenvalue weighted by atomic mass is 9.87. The van der Waals surface area contributed by atoms with Gasteiger partial charge in [0.05, 0.1) is 12.3 Å². The van der Waals surface area contributed by atoms with Crippen LogP contribution in [0.1, 0.15) is 70.9 Å². The van der Waals surface area contributed by atoms with Crippen LogP contribution in [0.5, 0.6) is 0 Å². The van der Waals surface area contributed by atoms with Crippen molar-refractivity contribution in [3.8, 4) is 0 Å². The lowest BCUT2D eigenvalue weighted by molar-refractivity contribution is -0.158. The molecule has 34 heavy (non-hydrogen) atoms. The molecule has 3 N–H and O–H groups in total. The van der Waals surface area contributed by atoms with Gasteiger partial charge < -0.3 is 25.0 Å². The van der Waals surface area contributed by atoms with E-state index < -0.39 is 30.5 Å². The molecule has 1 aliphatic heterocycles. The number of fused-ring (bicyclic) bond motifs is 1. The summed E-state index contributed by atoms with van der Waals surface area (Å²) in [6, 6.07) is 3.46. The lowest BCUT2D eigenvalue weighted by Crippen LogP contribution is -2.42. The first-order chi connectivity index (χ1) is 16.4. The van der Waals surface area contributed by atoms with Crippen molar-refractivity contribution < 1.29 is 29.3 Å². The van der Waals surface area contributed by atoms with Gasteiger partial charge in [-0.05, 0) is 44.2 Å². The average Bonchev–Trinajstić information content (AvgIpc) is 3.36. The molecule has 2 aromatic rings. The lowest BCUT2D eigenvalue weighted by Gasteiger charge is -2.28. The Kier molecular flexibility index (Phi) is 7.49. The topological polar surface area (TPSA) is 135 Å². The van der Waals surface area contributed by atoms with Crippen LogP contribution in [0, 0.1) is 5.92 Å². The second kappa shape index (κ2) is 10.4. The number of aliphatic hydroxyl groups excluding tert-OH is 2. The van der Waals surface area contributed by atoms with E-state index in [-0.39, 0.29) is 11.9 Å². The van der Waals surface area contributed by atoms with Crippen LogP contribution < -0.4 is 5.32 Å². The highest BCUT2D eigenvalue weighted by atomic mass is 16.6. The number of anilines is 1. The normalized spacial score (nSPS) is 27.7. The van der Waals surface area contributed by atoms with Gasteiger partial charge in [0.25, 0.3) is 0 Å². The monoisotopic (exact) mass is 474 g/mol. The Labute approximate surface area is 198 Å². The quantitative estimate of drug-likeness (QED) is 0.496. The summed E-state index contributed by atoms with van der Waals surface area (Å²) >= 11 is 0. The maximum atomic E-state index is 12.6. The Morgan fingerprint density at radius 3 is 2.76 bits per heavy atom. The zero-order valence-electron chi connectivity index (χ0n) is 19.8. The Morgan fingerprint density at radius 1 is 1.29 bits per heavy atom. The minimum absolute atomic E-state index is 0.153. The summed E-state index contributed by atoms with van der Waals surface area (Å²) in [4.78, 5) is 28.9. The van der Waals surface area contributed by atoms with E-state index in [1.807, 2.05) is 6.92 Å². The molecular weight excluding hydrogens is 440 g/mol. The Hall–Kier alpha value is -2.56. The maximum Gasteiger partial charge on any atom is 0.306 e. The summed E-state index contributed by atoms with van der Waals surface area (Å²) in [6.45, 7) is 3.18. The Balaban J connectivity index is 1.55. The van der Waals surface area contributed by atoms with Gasteiger partial charge in [-0.3, -0.25) is 9.59 Å². The van der Waals surface area contributed by atoms with Gasteiger partial charge in [-0.1, -0.05) is 26.2 Å². The van der Waals surface area contributed by atoms with Crippen molar-refractivity contribution in [1.29, 1.82) is 0 Å². The molecule has 0 aromatic carbocycles. The molecule has 0 unspecified atom stereocenters. The molecule has 1 aliphatic carbocycles. The number of hydrogen-bond donors (Lipinski definition) is 3. The molecule has 1 saturated carbocycles. The number of nitrogens with one attached hydrogen (secondary N) is 1. The molecule has 4 rings (SSSR count). The fourth-order valence-electron chi connectivity index (χ4n) is 5.12. The highest BCUT2D eigenvalue weighted by Crippen LogP contribution is 2.42. The van der Waals surface area contributed by atoms with Gasteiger partial charge in [-0.15, -0.1) is 0 Å². The van der Waals surface area contributed by atoms with Crippen molar-refractivity contribution in [2.45, 2.75) is 89.1 Å². The van der Waals surface area contributed by atoms with Crippen LogP contribution in [-0.2, 0) is 24.7 Å². The smallest absolute Gasteiger partial charge is 0.306 e. The Morgan fingerprint density at radius 2 is 2.06 bits per heavy atom. The summed E-state index contributed by atoms with van der Waals surface area (Å²) < 4.78 is 13.3. The van der Waals surface area contributed by atoms with Gasteiger partial charge in [0, 0.05) is 12.8 Å². The van der Waals surface area contributed by atoms with E-state index in [1.165, 1.54) is 12.7 Å². The van der Waals surface area contributed by atoms with E-state index in [1.54, 1.807) is 23.6 Å². The van der Waals surface area contributed by atoms with Crippen molar-refractivity contribution >= 4 is 23.2 Å². The minimum Gasteiger partial charge on any atom is -0.457 e. The van der Waals surface area contributed by atoms with Crippen LogP contribution in [0.3, 0.4) is 0 Å². The number of ether oxygens (including phenoxy) is 2. The first kappa shape index (κ1) is 24.6. The largest absolute Gasteiger partial charge is 0.457 e. The number of nitrogens with zero attached hydrogens (tertiary/aromatic N) is 3. The molecule has 186 valence electrons. The summed E-state index contributed by atoms with van der Waals surface area (Å²) in [5.74, 6) is 0.113. The first-order valence-corrected chi connectivity index (χ1v) is 12.2. The van der Waals surface area contributed by atoms with Crippen molar-refractivity contribution in [3.05, 3.63) is 24.2 Å². The van der Waals surface area contributed by atoms with Gasteiger partial charge in [0.2, 0.25) is 5.91 Å². The van der Waals surface area contributed by atoms with Gasteiger partial charge in [0.1, 0.15) is 29.7 Å². The highest BCUT2D eigenvalue weighted by molar-refractivity contribution is 5.93. The third-order valence-corrected chi connectivity index (χ3v) is 6.96. The number of aliphatic hydroxyl groups is 2. The van der Waals surface area contributed by atoms with Gasteiger partial charge in [-0.25, -0.2) is 9.50 Å². The van der Waals surface area contributed by atoms with Crippen LogP contribution in [0.2, 0.25) is 0 Å². The van der Waals surface area contributed by atoms with Crippen LogP contribution in [0.4, 0.5) is 5.82 Å². The average molecular weight is 475 g/mol. The summed E-state index contributed by atoms with van der Waals surface area (Å²) in [5, 5.41) is 28.2. The number of esters is 1. The predicted molar refractivity (Wildman–Crippen MR) is 123 cm³/mol. The van der Waals surface area contributed by atoms with Crippen LogP contribution in [0.25, 0.3) is 5.52 Å². The third kappa shape index (κ3) is 4.80. The van der Waals surface area contributed by atoms with E-state index in [4.69, 9.17) is 9.47 Å². The second-order valence-corrected chi connectivity index (χ2v) is 9.48. The molecule has 2 aliphatic rings. The molecule has 10 heteroatoms. The fraction of sp³-hybridized carbons (Fsp3) is 0.667. The predicted octanol–water partition coefficient (Wildman–Crippen LogP) is 2.32. The standard InChI is InChI=1S/C24H34N4O6/c1-3-7-19(30)27-23-16-10-11-18(28(16)26-14-25-23)24(2)22(32)21(17(13-29)34-24)33-20(31)12-15-8-5-4-6-9-15/h10-11,14-15,17,21-22,29,32H,3-9,12-13H2,1-2H3,(H,25,26,27,30)/t17-,21-,22-,24+/m1/s1. The van der Waals surface area contributed by atoms with Crippen LogP contribution >= 0.6 is 0 Å². The van der Waals surface area contributed by atoms with Crippen LogP contribution in [0.15, 0.2) is 18.5 Å². The number of aromatic nitrogens is 3. The van der Waals surface area contributed by atoms with E-state index >= 15 is 0 Å². The summed E-state index contributed by atoms with van der Waals surface area (Å²) in [5.41, 5.74) is -0.279. The highest BCUT2D eigenvalue weighted by Gasteiger charge is 2.55. The Bertz CT molecular complexity index is 1020. The van der Waals surface area contributed by atoms with E-state index in [9.17, 15) is 19.8 Å². The van der Waals surface area contributed by atoms with Gasteiger partial charge in [-0.2, -0.15) is 5.10 Å². The summed E-state index contributed by atoms with van der Waals surface area (Å²) in [7, 11) is 0. The van der Waals surface area contributed by atoms with E-state index in [2.05, 4.69) is 15.4 Å². The molecular formula is C24H34N4O6. The number of hydrogen-bond acceptors (Lipinski definition) is 8. The SMILES string of the molecule is CCCC(=O)Nc1ncnn2c([C@]3(C)O[C@H](CO)[C@@H](OC(=O)CC4CCCCC4)[C@H]3O)ccc12. The molecule has 1 amide bonds. The molecule has 0 radical (unpaired) electrons. The van der Waals surface area contributed by atoms with E-state index in [0.717, 1.165) is 25.7 Å². The van der Waals surface area contributed by atoms with Crippen molar-refractivity contribution in [3.63, 3.8) is 0 Å². The fourth-order valence-corrected chi connectivity index (χ4v) is 5.12. The molecule has 0 bridgehead atoms. The number of amides is 1. The maximum absolute atomic E-state index is 12.6. The first-order valence-electron chi connectivity index (χ1n) is 12.2. The van der Waals surface area contributed by atoms with Crippen molar-refractivity contribution in [2.75, 3.05) is 11.9 Å². The molecule has 4 atom stereocenters. The molecule has 1 saturated heterocycles. The molecule has 0 spiro atoms. The molecule has 2 fully saturated rings. The van der Waals surface area contributed by atoms with Crippen LogP contribution in [-0.4, -0.2) is 61.6 Å². The second-order valence-electron chi connectivity index (χ2n) is 9.48. The van der Waals surface area contributed by atoms with Crippen molar-refractivity contribution in [2.24, 2.45) is 5.92 Å². The molecule has 3 heterocycles. The number of carbonyl (C=O) groups excluding carboxylic acids is 2. The zero-order chi connectivity index (χ0) is 24.3. The molecule has 2 aromatic heterocycles. The van der Waals surface area contributed by atoms with E-state index in [0.29, 0.717) is 42.2 Å².